The van der Waals surface area contributed by atoms with Crippen LogP contribution in [0.3, 0.4) is 0 Å². The van der Waals surface area contributed by atoms with Crippen molar-refractivity contribution in [2.75, 3.05) is 0 Å². The summed E-state index contributed by atoms with van der Waals surface area (Å²) in [6.45, 7) is 3.83. The van der Waals surface area contributed by atoms with Gasteiger partial charge in [-0.1, -0.05) is 29.8 Å². The van der Waals surface area contributed by atoms with Gasteiger partial charge in [0.15, 0.2) is 6.04 Å². The Labute approximate surface area is 172 Å². The summed E-state index contributed by atoms with van der Waals surface area (Å²) in [5.74, 6) is 2.00. The number of amides is 3. The van der Waals surface area contributed by atoms with Gasteiger partial charge in [0.1, 0.15) is 6.04 Å². The molecule has 1 aromatic carbocycles. The third-order valence-corrected chi connectivity index (χ3v) is 7.38. The second-order valence-corrected chi connectivity index (χ2v) is 9.84. The lowest BCUT2D eigenvalue weighted by molar-refractivity contribution is -0.710. The van der Waals surface area contributed by atoms with Crippen LogP contribution in [0.4, 0.5) is 4.79 Å². The van der Waals surface area contributed by atoms with Gasteiger partial charge in [0, 0.05) is 16.1 Å². The number of benzene rings is 1. The van der Waals surface area contributed by atoms with Gasteiger partial charge in [-0.15, -0.1) is 0 Å². The number of imide groups is 1. The minimum atomic E-state index is -0.381. The highest BCUT2D eigenvalue weighted by Gasteiger charge is 2.51. The maximum absolute atomic E-state index is 12.6. The van der Waals surface area contributed by atoms with Gasteiger partial charge < -0.3 is 10.6 Å². The molecule has 0 radical (unpaired) electrons. The molecule has 4 aliphatic rings. The molecule has 6 heteroatoms. The van der Waals surface area contributed by atoms with E-state index in [0.717, 1.165) is 42.6 Å². The maximum Gasteiger partial charge on any atom is 0.322 e. The smallest absolute Gasteiger partial charge is 0.322 e. The van der Waals surface area contributed by atoms with E-state index in [-0.39, 0.29) is 29.6 Å². The predicted octanol–water partition coefficient (Wildman–Crippen LogP) is 3.15. The molecule has 4 aliphatic carbocycles. The average molecular weight is 405 g/mol. The molecule has 4 N–H and O–H groups in total. The van der Waals surface area contributed by atoms with Crippen molar-refractivity contribution >= 4 is 23.5 Å². The van der Waals surface area contributed by atoms with Gasteiger partial charge in [-0.3, -0.25) is 10.1 Å². The van der Waals surface area contributed by atoms with E-state index in [1.807, 2.05) is 43.4 Å². The molecule has 0 unspecified atom stereocenters. The fourth-order valence-electron chi connectivity index (χ4n) is 6.23. The van der Waals surface area contributed by atoms with E-state index in [9.17, 15) is 9.59 Å². The van der Waals surface area contributed by atoms with Gasteiger partial charge in [0.25, 0.3) is 5.91 Å². The Morgan fingerprint density at radius 1 is 1.07 bits per heavy atom. The van der Waals surface area contributed by atoms with E-state index in [1.165, 1.54) is 19.3 Å². The van der Waals surface area contributed by atoms with Crippen LogP contribution in [-0.4, -0.2) is 23.5 Å². The zero-order valence-corrected chi connectivity index (χ0v) is 17.5. The Hall–Kier alpha value is -1.59. The lowest BCUT2D eigenvalue weighted by Gasteiger charge is -2.56. The zero-order valence-electron chi connectivity index (χ0n) is 16.7. The first-order valence-corrected chi connectivity index (χ1v) is 10.9. The van der Waals surface area contributed by atoms with Crippen molar-refractivity contribution in [1.29, 1.82) is 0 Å². The molecule has 4 saturated carbocycles. The van der Waals surface area contributed by atoms with Crippen molar-refractivity contribution in [3.63, 3.8) is 0 Å². The molecule has 0 saturated heterocycles. The Morgan fingerprint density at radius 2 is 1.64 bits per heavy atom. The topological polar surface area (TPSA) is 74.8 Å². The minimum absolute atomic E-state index is 0.0284. The molecular formula is C22H31ClN3O2+. The Bertz CT molecular complexity index is 731. The number of carbonyl (C=O) groups is 2. The quantitative estimate of drug-likeness (QED) is 0.705. The van der Waals surface area contributed by atoms with Gasteiger partial charge in [-0.2, -0.15) is 0 Å². The van der Waals surface area contributed by atoms with E-state index in [0.29, 0.717) is 5.02 Å². The highest BCUT2D eigenvalue weighted by molar-refractivity contribution is 6.31. The minimum Gasteiger partial charge on any atom is -0.332 e. The molecule has 0 aromatic heterocycles. The van der Waals surface area contributed by atoms with Crippen LogP contribution in [0.5, 0.6) is 0 Å². The van der Waals surface area contributed by atoms with Gasteiger partial charge in [-0.05, 0) is 76.2 Å². The Morgan fingerprint density at radius 3 is 2.21 bits per heavy atom. The van der Waals surface area contributed by atoms with E-state index in [2.05, 4.69) is 10.6 Å². The van der Waals surface area contributed by atoms with Crippen LogP contribution in [-0.2, 0) is 4.79 Å². The van der Waals surface area contributed by atoms with Crippen molar-refractivity contribution in [3.8, 4) is 0 Å². The summed E-state index contributed by atoms with van der Waals surface area (Å²) in [7, 11) is 0. The molecule has 0 aliphatic heterocycles. The molecule has 4 bridgehead atoms. The SMILES string of the molecule is C[C@H]([NH2+][C@@H](C)c1ccccc1Cl)C(=O)NC(=O)NC12CC3CC(CC(C3)C1)C2. The third-order valence-electron chi connectivity index (χ3n) is 7.04. The number of halogens is 1. The molecule has 5 nitrogen and oxygen atoms in total. The summed E-state index contributed by atoms with van der Waals surface area (Å²) in [4.78, 5) is 25.1. The first kappa shape index (κ1) is 19.7. The summed E-state index contributed by atoms with van der Waals surface area (Å²) in [6, 6.07) is 6.96. The number of hydrogen-bond acceptors (Lipinski definition) is 2. The Kier molecular flexibility index (Phi) is 5.41. The molecule has 3 amide bonds. The standard InChI is InChI=1S/C22H30ClN3O2/c1-13(18-5-3-4-6-19(18)23)24-14(2)20(27)25-21(28)26-22-10-15-7-16(11-22)9-17(8-15)12-22/h3-6,13-17,24H,7-12H2,1-2H3,(H2,25,26,27,28)/p+1/t13-,14-,15?,16?,17?,22?/m0/s1. The predicted molar refractivity (Wildman–Crippen MR) is 109 cm³/mol. The monoisotopic (exact) mass is 404 g/mol. The third kappa shape index (κ3) is 4.06. The molecular weight excluding hydrogens is 374 g/mol. The highest BCUT2D eigenvalue weighted by Crippen LogP contribution is 2.55. The fraction of sp³-hybridized carbons (Fsp3) is 0.636. The lowest BCUT2D eigenvalue weighted by atomic mass is 9.53. The van der Waals surface area contributed by atoms with Gasteiger partial charge in [0.2, 0.25) is 0 Å². The number of carbonyl (C=O) groups excluding carboxylic acids is 2. The summed E-state index contributed by atoms with van der Waals surface area (Å²) >= 11 is 6.25. The number of rotatable bonds is 5. The van der Waals surface area contributed by atoms with E-state index >= 15 is 0 Å². The van der Waals surface area contributed by atoms with Crippen LogP contribution in [0.1, 0.15) is 64.0 Å². The van der Waals surface area contributed by atoms with Crippen LogP contribution < -0.4 is 16.0 Å². The van der Waals surface area contributed by atoms with Crippen molar-refractivity contribution in [2.24, 2.45) is 17.8 Å². The zero-order chi connectivity index (χ0) is 19.9. The number of urea groups is 1. The molecule has 0 heterocycles. The van der Waals surface area contributed by atoms with E-state index in [1.54, 1.807) is 0 Å². The average Bonchev–Trinajstić information content (AvgIpc) is 2.60. The number of nitrogens with one attached hydrogen (secondary N) is 2. The van der Waals surface area contributed by atoms with Crippen molar-refractivity contribution in [3.05, 3.63) is 34.9 Å². The van der Waals surface area contributed by atoms with Crippen LogP contribution in [0.2, 0.25) is 5.02 Å². The lowest BCUT2D eigenvalue weighted by Crippen LogP contribution is -2.92. The summed E-state index contributed by atoms with van der Waals surface area (Å²) in [5.41, 5.74) is 0.901. The van der Waals surface area contributed by atoms with Crippen LogP contribution in [0, 0.1) is 17.8 Å². The molecule has 5 rings (SSSR count). The van der Waals surface area contributed by atoms with E-state index in [4.69, 9.17) is 11.6 Å². The largest absolute Gasteiger partial charge is 0.332 e. The van der Waals surface area contributed by atoms with Crippen LogP contribution in [0.25, 0.3) is 0 Å². The number of nitrogens with two attached hydrogens (primary N) is 1. The van der Waals surface area contributed by atoms with Crippen molar-refractivity contribution in [2.45, 2.75) is 70.0 Å². The van der Waals surface area contributed by atoms with Gasteiger partial charge in [0.05, 0.1) is 0 Å². The number of hydrogen-bond donors (Lipinski definition) is 3. The Balaban J connectivity index is 1.31. The molecule has 1 aromatic rings. The van der Waals surface area contributed by atoms with Crippen LogP contribution in [0.15, 0.2) is 24.3 Å². The molecule has 4 fully saturated rings. The first-order chi connectivity index (χ1) is 13.3. The maximum atomic E-state index is 12.6. The molecule has 152 valence electrons. The second kappa shape index (κ2) is 7.68. The van der Waals surface area contributed by atoms with Crippen LogP contribution >= 0.6 is 11.6 Å². The normalized spacial score (nSPS) is 32.6. The molecule has 28 heavy (non-hydrogen) atoms. The fourth-order valence-corrected chi connectivity index (χ4v) is 6.54. The summed E-state index contributed by atoms with van der Waals surface area (Å²) in [5, 5.41) is 8.40. The van der Waals surface area contributed by atoms with Gasteiger partial charge in [-0.25, -0.2) is 4.79 Å². The summed E-state index contributed by atoms with van der Waals surface area (Å²) < 4.78 is 0. The second-order valence-electron chi connectivity index (χ2n) is 9.43. The van der Waals surface area contributed by atoms with Crippen molar-refractivity contribution in [1.82, 2.24) is 10.6 Å². The number of quaternary nitrogens is 1. The summed E-state index contributed by atoms with van der Waals surface area (Å²) in [6.07, 6.45) is 7.21. The molecule has 0 spiro atoms. The van der Waals surface area contributed by atoms with Crippen molar-refractivity contribution < 1.29 is 14.9 Å². The van der Waals surface area contributed by atoms with E-state index < -0.39 is 0 Å². The first-order valence-electron chi connectivity index (χ1n) is 10.6. The molecule has 2 atom stereocenters. The van der Waals surface area contributed by atoms with Gasteiger partial charge >= 0.3 is 6.03 Å². The highest BCUT2D eigenvalue weighted by atomic mass is 35.5.